The lowest BCUT2D eigenvalue weighted by atomic mass is 9.84. The smallest absolute Gasteiger partial charge is 0.410 e. The van der Waals surface area contributed by atoms with E-state index >= 15 is 0 Å². The van der Waals surface area contributed by atoms with Crippen LogP contribution in [0.25, 0.3) is 6.08 Å². The molecule has 166 valence electrons. The van der Waals surface area contributed by atoms with Gasteiger partial charge in [0.15, 0.2) is 0 Å². The summed E-state index contributed by atoms with van der Waals surface area (Å²) in [5.41, 5.74) is 0.998. The molecule has 1 aromatic rings. The fraction of sp³-hybridized carbons (Fsp3) is 0.542. The molecule has 0 radical (unpaired) electrons. The van der Waals surface area contributed by atoms with Crippen LogP contribution in [0.5, 0.6) is 0 Å². The Balaban J connectivity index is 1.18. The number of nitrogens with one attached hydrogen (secondary N) is 1. The van der Waals surface area contributed by atoms with E-state index in [4.69, 9.17) is 4.74 Å². The molecule has 3 fully saturated rings. The lowest BCUT2D eigenvalue weighted by Gasteiger charge is -2.38. The van der Waals surface area contributed by atoms with Crippen molar-refractivity contribution in [2.45, 2.75) is 50.6 Å². The number of cyclic esters (lactones) is 1. The van der Waals surface area contributed by atoms with Crippen LogP contribution in [0.4, 0.5) is 4.79 Å². The molecule has 1 aromatic carbocycles. The van der Waals surface area contributed by atoms with E-state index < -0.39 is 0 Å². The van der Waals surface area contributed by atoms with Gasteiger partial charge < -0.3 is 19.9 Å². The van der Waals surface area contributed by atoms with Gasteiger partial charge in [-0.25, -0.2) is 4.79 Å². The van der Waals surface area contributed by atoms with Gasteiger partial charge in [-0.05, 0) is 50.2 Å². The first-order valence-corrected chi connectivity index (χ1v) is 11.4. The third-order valence-electron chi connectivity index (χ3n) is 6.66. The number of likely N-dealkylation sites (tertiary alicyclic amines) is 1. The molecule has 0 spiro atoms. The zero-order chi connectivity index (χ0) is 21.6. The Kier molecular flexibility index (Phi) is 6.89. The van der Waals surface area contributed by atoms with Crippen molar-refractivity contribution < 1.29 is 19.1 Å². The first kappa shape index (κ1) is 21.4. The van der Waals surface area contributed by atoms with E-state index in [1.807, 2.05) is 46.2 Å². The van der Waals surface area contributed by atoms with Crippen LogP contribution in [0.2, 0.25) is 0 Å². The van der Waals surface area contributed by atoms with Crippen LogP contribution in [-0.2, 0) is 14.3 Å². The van der Waals surface area contributed by atoms with Crippen LogP contribution in [0, 0.1) is 5.92 Å². The molecular weight excluding hydrogens is 394 g/mol. The minimum absolute atomic E-state index is 0.0429. The van der Waals surface area contributed by atoms with Gasteiger partial charge in [0, 0.05) is 37.2 Å². The highest BCUT2D eigenvalue weighted by Crippen LogP contribution is 2.28. The van der Waals surface area contributed by atoms with Crippen LogP contribution < -0.4 is 5.32 Å². The number of carbonyl (C=O) groups is 3. The van der Waals surface area contributed by atoms with E-state index in [1.165, 1.54) is 0 Å². The van der Waals surface area contributed by atoms with E-state index in [0.29, 0.717) is 26.2 Å². The van der Waals surface area contributed by atoms with Crippen LogP contribution >= 0.6 is 0 Å². The summed E-state index contributed by atoms with van der Waals surface area (Å²) in [7, 11) is 0. The summed E-state index contributed by atoms with van der Waals surface area (Å²) in [6, 6.07) is 10.1. The van der Waals surface area contributed by atoms with Gasteiger partial charge in [-0.2, -0.15) is 0 Å². The Morgan fingerprint density at radius 1 is 0.968 bits per heavy atom. The highest BCUT2D eigenvalue weighted by Gasteiger charge is 2.35. The van der Waals surface area contributed by atoms with Gasteiger partial charge in [0.1, 0.15) is 6.61 Å². The van der Waals surface area contributed by atoms with Gasteiger partial charge in [-0.15, -0.1) is 0 Å². The second-order valence-electron chi connectivity index (χ2n) is 8.67. The quantitative estimate of drug-likeness (QED) is 0.736. The van der Waals surface area contributed by atoms with E-state index in [2.05, 4.69) is 5.32 Å². The summed E-state index contributed by atoms with van der Waals surface area (Å²) in [6.45, 7) is 2.54. The normalized spacial score (nSPS) is 25.0. The molecule has 1 N–H and O–H groups in total. The molecule has 3 amide bonds. The number of hydrogen-bond acceptors (Lipinski definition) is 4. The number of nitrogens with zero attached hydrogens (tertiary/aromatic N) is 2. The predicted molar refractivity (Wildman–Crippen MR) is 117 cm³/mol. The average Bonchev–Trinajstić information content (AvgIpc) is 3.24. The molecule has 4 rings (SSSR count). The Hall–Kier alpha value is -2.83. The third kappa shape index (κ3) is 5.46. The zero-order valence-corrected chi connectivity index (χ0v) is 17.9. The molecule has 1 aliphatic carbocycles. The van der Waals surface area contributed by atoms with Crippen LogP contribution in [0.15, 0.2) is 36.4 Å². The maximum atomic E-state index is 13.0. The number of carbonyl (C=O) groups excluding carboxylic acids is 3. The van der Waals surface area contributed by atoms with Crippen molar-refractivity contribution in [1.82, 2.24) is 15.1 Å². The van der Waals surface area contributed by atoms with E-state index in [1.54, 1.807) is 6.08 Å². The summed E-state index contributed by atoms with van der Waals surface area (Å²) in [4.78, 5) is 40.7. The Bertz CT molecular complexity index is 809. The zero-order valence-electron chi connectivity index (χ0n) is 17.9. The lowest BCUT2D eigenvalue weighted by molar-refractivity contribution is -0.138. The molecule has 0 unspecified atom stereocenters. The largest absolute Gasteiger partial charge is 0.448 e. The Morgan fingerprint density at radius 2 is 1.68 bits per heavy atom. The number of rotatable bonds is 5. The van der Waals surface area contributed by atoms with Crippen LogP contribution in [0.3, 0.4) is 0 Å². The second kappa shape index (κ2) is 9.98. The number of hydrogen-bond donors (Lipinski definition) is 1. The molecule has 7 nitrogen and oxygen atoms in total. The van der Waals surface area contributed by atoms with Crippen molar-refractivity contribution in [3.63, 3.8) is 0 Å². The number of piperidine rings is 1. The average molecular weight is 426 g/mol. The van der Waals surface area contributed by atoms with Crippen molar-refractivity contribution >= 4 is 24.0 Å². The summed E-state index contributed by atoms with van der Waals surface area (Å²) in [6.07, 6.45) is 8.09. The maximum Gasteiger partial charge on any atom is 0.410 e. The van der Waals surface area contributed by atoms with Crippen molar-refractivity contribution in [2.24, 2.45) is 5.92 Å². The molecule has 0 aromatic heterocycles. The third-order valence-corrected chi connectivity index (χ3v) is 6.66. The van der Waals surface area contributed by atoms with Crippen molar-refractivity contribution in [3.05, 3.63) is 42.0 Å². The topological polar surface area (TPSA) is 79.0 Å². The Labute approximate surface area is 183 Å². The van der Waals surface area contributed by atoms with Gasteiger partial charge in [0.05, 0.1) is 6.54 Å². The van der Waals surface area contributed by atoms with Crippen LogP contribution in [-0.4, -0.2) is 66.0 Å². The SMILES string of the molecule is O=C(C=Cc1ccccc1)NC1CCC(C(=O)N2CCC(N3CCOC3=O)CC2)CC1. The van der Waals surface area contributed by atoms with Crippen molar-refractivity contribution in [2.75, 3.05) is 26.2 Å². The standard InChI is InChI=1S/C24H31N3O4/c28-22(11-6-18-4-2-1-3-5-18)25-20-9-7-19(8-10-20)23(29)26-14-12-21(13-15-26)27-16-17-31-24(27)30/h1-6,11,19-21H,7-10,12-17H2,(H,25,28). The molecule has 3 aliphatic rings. The highest BCUT2D eigenvalue weighted by molar-refractivity contribution is 5.91. The summed E-state index contributed by atoms with van der Waals surface area (Å²) >= 11 is 0. The van der Waals surface area contributed by atoms with Gasteiger partial charge >= 0.3 is 6.09 Å². The van der Waals surface area contributed by atoms with E-state index in [9.17, 15) is 14.4 Å². The fourth-order valence-electron chi connectivity index (χ4n) is 4.86. The van der Waals surface area contributed by atoms with E-state index in [-0.39, 0.29) is 35.9 Å². The molecule has 1 saturated carbocycles. The van der Waals surface area contributed by atoms with Crippen molar-refractivity contribution in [3.8, 4) is 0 Å². The molecule has 31 heavy (non-hydrogen) atoms. The molecular formula is C24H31N3O4. The molecule has 0 bridgehead atoms. The molecule has 7 heteroatoms. The van der Waals surface area contributed by atoms with E-state index in [0.717, 1.165) is 44.1 Å². The Morgan fingerprint density at radius 3 is 2.32 bits per heavy atom. The monoisotopic (exact) mass is 425 g/mol. The lowest BCUT2D eigenvalue weighted by Crippen LogP contribution is -2.49. The molecule has 2 heterocycles. The van der Waals surface area contributed by atoms with Crippen molar-refractivity contribution in [1.29, 1.82) is 0 Å². The van der Waals surface area contributed by atoms with Gasteiger partial charge in [-0.1, -0.05) is 30.3 Å². The van der Waals surface area contributed by atoms with Crippen LogP contribution in [0.1, 0.15) is 44.1 Å². The summed E-state index contributed by atoms with van der Waals surface area (Å²) in [5.74, 6) is 0.193. The fourth-order valence-corrected chi connectivity index (χ4v) is 4.86. The number of benzene rings is 1. The van der Waals surface area contributed by atoms with Gasteiger partial charge in [-0.3, -0.25) is 9.59 Å². The summed E-state index contributed by atoms with van der Waals surface area (Å²) < 4.78 is 5.04. The van der Waals surface area contributed by atoms with Gasteiger partial charge in [0.2, 0.25) is 11.8 Å². The molecule has 2 aliphatic heterocycles. The first-order chi connectivity index (χ1) is 15.1. The highest BCUT2D eigenvalue weighted by atomic mass is 16.6. The number of amides is 3. The predicted octanol–water partition coefficient (Wildman–Crippen LogP) is 2.82. The second-order valence-corrected chi connectivity index (χ2v) is 8.67. The number of ether oxygens (including phenoxy) is 1. The minimum Gasteiger partial charge on any atom is -0.448 e. The molecule has 0 atom stereocenters. The first-order valence-electron chi connectivity index (χ1n) is 11.4. The summed E-state index contributed by atoms with van der Waals surface area (Å²) in [5, 5.41) is 3.07. The van der Waals surface area contributed by atoms with Gasteiger partial charge in [0.25, 0.3) is 0 Å². The minimum atomic E-state index is -0.219. The maximum absolute atomic E-state index is 13.0. The molecule has 2 saturated heterocycles.